The van der Waals surface area contributed by atoms with Crippen molar-refractivity contribution in [2.45, 2.75) is 32.2 Å². The number of nitrogens with zero attached hydrogens (tertiary/aromatic N) is 4. The Bertz CT molecular complexity index is 1010. The fourth-order valence-corrected chi connectivity index (χ4v) is 4.48. The van der Waals surface area contributed by atoms with E-state index >= 15 is 0 Å². The topological polar surface area (TPSA) is 66.7 Å². The molecule has 5 rings (SSSR count). The van der Waals surface area contributed by atoms with Crippen molar-refractivity contribution in [2.24, 2.45) is 0 Å². The maximum absolute atomic E-state index is 6.42. The third-order valence-corrected chi connectivity index (χ3v) is 5.96. The first kappa shape index (κ1) is 18.5. The van der Waals surface area contributed by atoms with E-state index in [2.05, 4.69) is 20.6 Å². The van der Waals surface area contributed by atoms with E-state index in [9.17, 15) is 0 Å². The average Bonchev–Trinajstić information content (AvgIpc) is 3.34. The summed E-state index contributed by atoms with van der Waals surface area (Å²) in [5.74, 6) is 2.83. The van der Waals surface area contributed by atoms with E-state index < -0.39 is 0 Å². The number of fused-ring (bicyclic) bond motifs is 2. The van der Waals surface area contributed by atoms with Crippen LogP contribution >= 0.6 is 11.6 Å². The first-order chi connectivity index (χ1) is 14.2. The molecule has 7 nitrogen and oxygen atoms in total. The summed E-state index contributed by atoms with van der Waals surface area (Å²) in [6.45, 7) is 5.71. The first-order valence-corrected chi connectivity index (χ1v) is 10.7. The van der Waals surface area contributed by atoms with Crippen LogP contribution in [0.15, 0.2) is 30.5 Å². The van der Waals surface area contributed by atoms with Gasteiger partial charge in [0, 0.05) is 30.4 Å². The smallest absolute Gasteiger partial charge is 0.178 e. The molecule has 2 N–H and O–H groups in total. The molecule has 1 aromatic carbocycles. The lowest BCUT2D eigenvalue weighted by Gasteiger charge is -2.33. The Labute approximate surface area is 175 Å². The second kappa shape index (κ2) is 7.72. The predicted octanol–water partition coefficient (Wildman–Crippen LogP) is 3.64. The molecule has 2 aliphatic rings. The van der Waals surface area contributed by atoms with Gasteiger partial charge < -0.3 is 20.3 Å². The summed E-state index contributed by atoms with van der Waals surface area (Å²) < 4.78 is 7.37. The Hall–Kier alpha value is -2.51. The van der Waals surface area contributed by atoms with Crippen molar-refractivity contribution in [1.82, 2.24) is 19.9 Å². The number of hydrogen-bond donors (Lipinski definition) is 2. The largest absolute Gasteiger partial charge is 0.494 e. The predicted molar refractivity (Wildman–Crippen MR) is 116 cm³/mol. The summed E-state index contributed by atoms with van der Waals surface area (Å²) in [6.07, 6.45) is 4.98. The van der Waals surface area contributed by atoms with Gasteiger partial charge in [-0.3, -0.25) is 0 Å². The summed E-state index contributed by atoms with van der Waals surface area (Å²) in [6, 6.07) is 8.46. The summed E-state index contributed by atoms with van der Waals surface area (Å²) >= 11 is 6.42. The van der Waals surface area contributed by atoms with Crippen molar-refractivity contribution in [1.29, 1.82) is 0 Å². The minimum absolute atomic E-state index is 0.472. The number of halogens is 1. The van der Waals surface area contributed by atoms with Crippen molar-refractivity contribution >= 4 is 34.6 Å². The van der Waals surface area contributed by atoms with Gasteiger partial charge in [-0.25, -0.2) is 4.98 Å². The highest BCUT2D eigenvalue weighted by Gasteiger charge is 2.32. The molecule has 29 heavy (non-hydrogen) atoms. The fraction of sp³-hybridized carbons (Fsp3) is 0.429. The molecule has 2 aromatic heterocycles. The zero-order valence-electron chi connectivity index (χ0n) is 16.5. The van der Waals surface area contributed by atoms with Crippen LogP contribution < -0.4 is 20.3 Å². The molecule has 0 amide bonds. The molecule has 0 spiro atoms. The second-order valence-electron chi connectivity index (χ2n) is 7.52. The Morgan fingerprint density at radius 1 is 1.31 bits per heavy atom. The zero-order valence-corrected chi connectivity index (χ0v) is 17.2. The normalized spacial score (nSPS) is 18.8. The molecule has 3 aromatic rings. The highest BCUT2D eigenvalue weighted by atomic mass is 35.5. The van der Waals surface area contributed by atoms with Gasteiger partial charge in [-0.05, 0) is 57.0 Å². The lowest BCUT2D eigenvalue weighted by atomic mass is 10.1. The van der Waals surface area contributed by atoms with Crippen LogP contribution in [0, 0.1) is 0 Å². The van der Waals surface area contributed by atoms with E-state index in [-0.39, 0.29) is 0 Å². The number of rotatable bonds is 5. The molecule has 4 heterocycles. The van der Waals surface area contributed by atoms with Crippen molar-refractivity contribution < 1.29 is 4.74 Å². The van der Waals surface area contributed by atoms with Gasteiger partial charge in [-0.15, -0.1) is 0 Å². The number of benzene rings is 1. The standard InChI is InChI=1S/C21H25ClN6O/c1-2-29-16-7-5-14(6-8-16)25-20-17-9-11-27(15-4-3-10-23-12-15)19(17)26-21-18(22)13-24-28(20)21/h5-8,13,15,23,25H,2-4,9-12H2,1H3/t15-/m0/s1. The van der Waals surface area contributed by atoms with Gasteiger partial charge in [0.15, 0.2) is 5.65 Å². The fourth-order valence-electron chi connectivity index (χ4n) is 4.32. The summed E-state index contributed by atoms with van der Waals surface area (Å²) in [5, 5.41) is 12.1. The molecule has 0 aliphatic carbocycles. The minimum atomic E-state index is 0.472. The highest BCUT2D eigenvalue weighted by Crippen LogP contribution is 2.37. The Kier molecular flexibility index (Phi) is 4.93. The molecule has 2 aliphatic heterocycles. The van der Waals surface area contributed by atoms with Crippen LogP contribution in [-0.2, 0) is 6.42 Å². The number of hydrogen-bond acceptors (Lipinski definition) is 6. The SMILES string of the molecule is CCOc1ccc(Nc2c3c(nc4c(Cl)cnn24)N([C@H]2CCCNC2)CC3)cc1. The van der Waals surface area contributed by atoms with Crippen LogP contribution in [0.25, 0.3) is 5.65 Å². The number of aromatic nitrogens is 3. The van der Waals surface area contributed by atoms with E-state index in [0.717, 1.165) is 49.1 Å². The van der Waals surface area contributed by atoms with Crippen molar-refractivity contribution in [3.63, 3.8) is 0 Å². The van der Waals surface area contributed by atoms with Gasteiger partial charge in [0.05, 0.1) is 12.8 Å². The van der Waals surface area contributed by atoms with E-state index in [1.54, 1.807) is 6.20 Å². The van der Waals surface area contributed by atoms with Crippen LogP contribution in [0.4, 0.5) is 17.3 Å². The molecule has 0 bridgehead atoms. The van der Waals surface area contributed by atoms with Gasteiger partial charge in [-0.1, -0.05) is 11.6 Å². The van der Waals surface area contributed by atoms with Crippen LogP contribution in [-0.4, -0.2) is 46.9 Å². The minimum Gasteiger partial charge on any atom is -0.494 e. The van der Waals surface area contributed by atoms with Crippen molar-refractivity contribution in [3.8, 4) is 5.75 Å². The Morgan fingerprint density at radius 2 is 2.17 bits per heavy atom. The van der Waals surface area contributed by atoms with E-state index in [0.29, 0.717) is 23.3 Å². The molecule has 1 atom stereocenters. The molecule has 8 heteroatoms. The molecule has 152 valence electrons. The lowest BCUT2D eigenvalue weighted by molar-refractivity contribution is 0.340. The third kappa shape index (κ3) is 3.38. The molecular weight excluding hydrogens is 388 g/mol. The Balaban J connectivity index is 1.54. The summed E-state index contributed by atoms with van der Waals surface area (Å²) in [7, 11) is 0. The summed E-state index contributed by atoms with van der Waals surface area (Å²) in [4.78, 5) is 7.36. The lowest BCUT2D eigenvalue weighted by Crippen LogP contribution is -2.45. The number of nitrogens with one attached hydrogen (secondary N) is 2. The molecule has 0 radical (unpaired) electrons. The highest BCUT2D eigenvalue weighted by molar-refractivity contribution is 6.33. The van der Waals surface area contributed by atoms with Gasteiger partial charge in [0.2, 0.25) is 0 Å². The summed E-state index contributed by atoms with van der Waals surface area (Å²) in [5.41, 5.74) is 2.86. The molecule has 1 fully saturated rings. The maximum Gasteiger partial charge on any atom is 0.178 e. The van der Waals surface area contributed by atoms with Crippen LogP contribution in [0.1, 0.15) is 25.3 Å². The van der Waals surface area contributed by atoms with Gasteiger partial charge in [0.25, 0.3) is 0 Å². The van der Waals surface area contributed by atoms with Gasteiger partial charge >= 0.3 is 0 Å². The average molecular weight is 413 g/mol. The van der Waals surface area contributed by atoms with Gasteiger partial charge in [0.1, 0.15) is 22.4 Å². The van der Waals surface area contributed by atoms with E-state index in [1.807, 2.05) is 35.7 Å². The van der Waals surface area contributed by atoms with Crippen molar-refractivity contribution in [3.05, 3.63) is 41.0 Å². The van der Waals surface area contributed by atoms with Crippen LogP contribution in [0.5, 0.6) is 5.75 Å². The first-order valence-electron chi connectivity index (χ1n) is 10.3. The number of ether oxygens (including phenoxy) is 1. The monoisotopic (exact) mass is 412 g/mol. The zero-order chi connectivity index (χ0) is 19.8. The van der Waals surface area contributed by atoms with Crippen molar-refractivity contribution in [2.75, 3.05) is 36.5 Å². The molecule has 0 saturated carbocycles. The van der Waals surface area contributed by atoms with Gasteiger partial charge in [-0.2, -0.15) is 9.61 Å². The molecule has 0 unspecified atom stereocenters. The van der Waals surface area contributed by atoms with Crippen LogP contribution in [0.2, 0.25) is 5.02 Å². The molecular formula is C21H25ClN6O. The van der Waals surface area contributed by atoms with E-state index in [1.165, 1.54) is 18.4 Å². The number of piperidine rings is 1. The third-order valence-electron chi connectivity index (χ3n) is 5.69. The number of anilines is 3. The Morgan fingerprint density at radius 3 is 2.93 bits per heavy atom. The maximum atomic E-state index is 6.42. The quantitative estimate of drug-likeness (QED) is 0.667. The van der Waals surface area contributed by atoms with E-state index in [4.69, 9.17) is 21.3 Å². The molecule has 1 saturated heterocycles. The second-order valence-corrected chi connectivity index (χ2v) is 7.92. The van der Waals surface area contributed by atoms with Crippen LogP contribution in [0.3, 0.4) is 0 Å².